The van der Waals surface area contributed by atoms with Gasteiger partial charge in [-0.05, 0) is 57.7 Å². The molecule has 1 heterocycles. The number of rotatable bonds is 6. The molecule has 0 radical (unpaired) electrons. The van der Waals surface area contributed by atoms with Crippen molar-refractivity contribution in [1.29, 1.82) is 0 Å². The van der Waals surface area contributed by atoms with Gasteiger partial charge in [-0.25, -0.2) is 0 Å². The van der Waals surface area contributed by atoms with E-state index >= 15 is 0 Å². The summed E-state index contributed by atoms with van der Waals surface area (Å²) in [6.07, 6.45) is 2.22. The van der Waals surface area contributed by atoms with Crippen molar-refractivity contribution < 1.29 is 4.74 Å². The molecular weight excluding hydrogens is 250 g/mol. The van der Waals surface area contributed by atoms with Crippen LogP contribution in [0, 0.1) is 0 Å². The van der Waals surface area contributed by atoms with E-state index in [1.54, 1.807) is 0 Å². The Kier molecular flexibility index (Phi) is 5.83. The minimum Gasteiger partial charge on any atom is -0.492 e. The van der Waals surface area contributed by atoms with Crippen molar-refractivity contribution in [2.24, 2.45) is 5.73 Å². The molecule has 0 saturated carbocycles. The van der Waals surface area contributed by atoms with Crippen LogP contribution in [0.15, 0.2) is 24.3 Å². The largest absolute Gasteiger partial charge is 0.492 e. The molecule has 0 aliphatic carbocycles. The van der Waals surface area contributed by atoms with Crippen molar-refractivity contribution in [3.05, 3.63) is 29.8 Å². The van der Waals surface area contributed by atoms with Crippen LogP contribution in [0.5, 0.6) is 5.75 Å². The van der Waals surface area contributed by atoms with Crippen molar-refractivity contribution in [3.8, 4) is 5.75 Å². The van der Waals surface area contributed by atoms with E-state index in [0.29, 0.717) is 6.04 Å². The second-order valence-electron chi connectivity index (χ2n) is 5.91. The van der Waals surface area contributed by atoms with Crippen molar-refractivity contribution in [2.45, 2.75) is 25.4 Å². The van der Waals surface area contributed by atoms with Gasteiger partial charge in [0.25, 0.3) is 0 Å². The Labute approximate surface area is 122 Å². The van der Waals surface area contributed by atoms with E-state index in [4.69, 9.17) is 10.5 Å². The molecule has 0 spiro atoms. The monoisotopic (exact) mass is 277 g/mol. The van der Waals surface area contributed by atoms with E-state index in [1.165, 1.54) is 5.56 Å². The van der Waals surface area contributed by atoms with Gasteiger partial charge in [-0.3, -0.25) is 4.90 Å². The van der Waals surface area contributed by atoms with Crippen LogP contribution in [0.1, 0.15) is 18.4 Å². The van der Waals surface area contributed by atoms with E-state index in [9.17, 15) is 0 Å². The Morgan fingerprint density at radius 2 is 2.05 bits per heavy atom. The van der Waals surface area contributed by atoms with Crippen LogP contribution in [0.4, 0.5) is 0 Å². The minimum absolute atomic E-state index is 0.395. The number of likely N-dealkylation sites (tertiary alicyclic amines) is 1. The predicted octanol–water partition coefficient (Wildman–Crippen LogP) is 1.55. The summed E-state index contributed by atoms with van der Waals surface area (Å²) in [5.74, 6) is 0.970. The number of likely N-dealkylation sites (N-methyl/N-ethyl adjacent to an activating group) is 1. The van der Waals surface area contributed by atoms with Crippen molar-refractivity contribution in [1.82, 2.24) is 9.80 Å². The number of nitrogens with two attached hydrogens (primary N) is 1. The van der Waals surface area contributed by atoms with Gasteiger partial charge in [-0.2, -0.15) is 0 Å². The van der Waals surface area contributed by atoms with Gasteiger partial charge in [0.15, 0.2) is 0 Å². The lowest BCUT2D eigenvalue weighted by Gasteiger charge is -2.30. The highest BCUT2D eigenvalue weighted by atomic mass is 16.5. The van der Waals surface area contributed by atoms with Crippen LogP contribution in [-0.2, 0) is 6.54 Å². The Morgan fingerprint density at radius 1 is 1.30 bits per heavy atom. The van der Waals surface area contributed by atoms with Crippen LogP contribution in [0.3, 0.4) is 0 Å². The highest BCUT2D eigenvalue weighted by molar-refractivity contribution is 5.28. The first-order valence-corrected chi connectivity index (χ1v) is 7.48. The topological polar surface area (TPSA) is 41.7 Å². The summed E-state index contributed by atoms with van der Waals surface area (Å²) in [6.45, 7) is 4.88. The minimum atomic E-state index is 0.395. The number of piperidine rings is 1. The molecule has 2 rings (SSSR count). The summed E-state index contributed by atoms with van der Waals surface area (Å²) < 4.78 is 5.78. The molecule has 0 bridgehead atoms. The highest BCUT2D eigenvalue weighted by Gasteiger charge is 2.15. The number of benzene rings is 1. The standard InChI is InChI=1S/C16H27N3O/c1-18(2)10-11-20-16-5-3-4-14(12-16)13-19-8-6-15(17)7-9-19/h3-5,12,15H,6-11,13,17H2,1-2H3. The van der Waals surface area contributed by atoms with Crippen molar-refractivity contribution in [2.75, 3.05) is 40.3 Å². The summed E-state index contributed by atoms with van der Waals surface area (Å²) >= 11 is 0. The van der Waals surface area contributed by atoms with Crippen LogP contribution in [-0.4, -0.2) is 56.2 Å². The van der Waals surface area contributed by atoms with Gasteiger partial charge >= 0.3 is 0 Å². The second-order valence-corrected chi connectivity index (χ2v) is 5.91. The van der Waals surface area contributed by atoms with E-state index in [2.05, 4.69) is 42.1 Å². The van der Waals surface area contributed by atoms with Crippen LogP contribution >= 0.6 is 0 Å². The summed E-state index contributed by atoms with van der Waals surface area (Å²) in [5, 5.41) is 0. The summed E-state index contributed by atoms with van der Waals surface area (Å²) in [7, 11) is 4.11. The first-order chi connectivity index (χ1) is 9.63. The predicted molar refractivity (Wildman–Crippen MR) is 83.0 cm³/mol. The molecule has 1 fully saturated rings. The molecule has 4 nitrogen and oxygen atoms in total. The maximum absolute atomic E-state index is 5.94. The van der Waals surface area contributed by atoms with Gasteiger partial charge < -0.3 is 15.4 Å². The number of ether oxygens (including phenoxy) is 1. The van der Waals surface area contributed by atoms with Gasteiger partial charge in [0.1, 0.15) is 12.4 Å². The Morgan fingerprint density at radius 3 is 2.75 bits per heavy atom. The van der Waals surface area contributed by atoms with Gasteiger partial charge in [0, 0.05) is 19.1 Å². The molecule has 0 atom stereocenters. The zero-order valence-electron chi connectivity index (χ0n) is 12.7. The quantitative estimate of drug-likeness (QED) is 0.856. The van der Waals surface area contributed by atoms with E-state index < -0.39 is 0 Å². The SMILES string of the molecule is CN(C)CCOc1cccc(CN2CCC(N)CC2)c1. The van der Waals surface area contributed by atoms with E-state index in [1.807, 2.05) is 6.07 Å². The second kappa shape index (κ2) is 7.62. The summed E-state index contributed by atoms with van der Waals surface area (Å²) in [4.78, 5) is 4.60. The summed E-state index contributed by atoms with van der Waals surface area (Å²) in [5.41, 5.74) is 7.27. The maximum Gasteiger partial charge on any atom is 0.119 e. The lowest BCUT2D eigenvalue weighted by molar-refractivity contribution is 0.205. The van der Waals surface area contributed by atoms with Gasteiger partial charge in [-0.15, -0.1) is 0 Å². The third-order valence-electron chi connectivity index (χ3n) is 3.74. The first kappa shape index (κ1) is 15.3. The van der Waals surface area contributed by atoms with E-state index in [-0.39, 0.29) is 0 Å². The molecule has 4 heteroatoms. The normalized spacial score (nSPS) is 17.6. The first-order valence-electron chi connectivity index (χ1n) is 7.48. The molecule has 1 aromatic carbocycles. The zero-order valence-corrected chi connectivity index (χ0v) is 12.7. The number of hydrogen-bond donors (Lipinski definition) is 1. The fourth-order valence-corrected chi connectivity index (χ4v) is 2.45. The average Bonchev–Trinajstić information content (AvgIpc) is 2.41. The lowest BCUT2D eigenvalue weighted by Crippen LogP contribution is -2.39. The number of nitrogens with zero attached hydrogens (tertiary/aromatic N) is 2. The zero-order chi connectivity index (χ0) is 14.4. The molecule has 0 unspecified atom stereocenters. The Balaban J connectivity index is 1.82. The Bertz CT molecular complexity index is 400. The molecule has 1 aliphatic heterocycles. The molecule has 0 amide bonds. The van der Waals surface area contributed by atoms with Gasteiger partial charge in [0.05, 0.1) is 0 Å². The fraction of sp³-hybridized carbons (Fsp3) is 0.625. The molecule has 1 aliphatic rings. The molecule has 2 N–H and O–H groups in total. The molecule has 1 aromatic rings. The van der Waals surface area contributed by atoms with E-state index in [0.717, 1.165) is 51.4 Å². The average molecular weight is 277 g/mol. The van der Waals surface area contributed by atoms with Crippen LogP contribution < -0.4 is 10.5 Å². The van der Waals surface area contributed by atoms with Crippen molar-refractivity contribution >= 4 is 0 Å². The summed E-state index contributed by atoms with van der Waals surface area (Å²) in [6, 6.07) is 8.84. The maximum atomic E-state index is 5.94. The molecule has 112 valence electrons. The van der Waals surface area contributed by atoms with Crippen LogP contribution in [0.2, 0.25) is 0 Å². The lowest BCUT2D eigenvalue weighted by atomic mass is 10.1. The third-order valence-corrected chi connectivity index (χ3v) is 3.74. The highest BCUT2D eigenvalue weighted by Crippen LogP contribution is 2.17. The number of hydrogen-bond acceptors (Lipinski definition) is 4. The molecule has 20 heavy (non-hydrogen) atoms. The molecular formula is C16H27N3O. The molecule has 1 saturated heterocycles. The van der Waals surface area contributed by atoms with Crippen LogP contribution in [0.25, 0.3) is 0 Å². The smallest absolute Gasteiger partial charge is 0.119 e. The van der Waals surface area contributed by atoms with Gasteiger partial charge in [0.2, 0.25) is 0 Å². The van der Waals surface area contributed by atoms with Crippen molar-refractivity contribution in [3.63, 3.8) is 0 Å². The third kappa shape index (κ3) is 5.12. The fourth-order valence-electron chi connectivity index (χ4n) is 2.45. The molecule has 0 aromatic heterocycles. The van der Waals surface area contributed by atoms with Gasteiger partial charge in [-0.1, -0.05) is 12.1 Å². The Hall–Kier alpha value is -1.10.